The summed E-state index contributed by atoms with van der Waals surface area (Å²) < 4.78 is 11.0. The molecule has 0 bridgehead atoms. The number of hydrogen-bond acceptors (Lipinski definition) is 6. The maximum Gasteiger partial charge on any atom is 0.260 e. The Bertz CT molecular complexity index is 896. The van der Waals surface area contributed by atoms with E-state index in [-0.39, 0.29) is 24.5 Å². The Morgan fingerprint density at radius 1 is 1.21 bits per heavy atom. The molecule has 0 fully saturated rings. The lowest BCUT2D eigenvalue weighted by molar-refractivity contribution is -0.134. The molecule has 0 aliphatic rings. The van der Waals surface area contributed by atoms with Crippen LogP contribution in [0.4, 0.5) is 0 Å². The van der Waals surface area contributed by atoms with Crippen LogP contribution in [0, 0.1) is 0 Å². The smallest absolute Gasteiger partial charge is 0.260 e. The summed E-state index contributed by atoms with van der Waals surface area (Å²) in [4.78, 5) is 19.5. The molecule has 0 atom stereocenters. The lowest BCUT2D eigenvalue weighted by Crippen LogP contribution is -2.34. The molecular weight excluding hydrogens is 374 g/mol. The normalized spacial score (nSPS) is 11.4. The molecule has 28 heavy (non-hydrogen) atoms. The monoisotopic (exact) mass is 399 g/mol. The van der Waals surface area contributed by atoms with Crippen molar-refractivity contribution in [1.29, 1.82) is 0 Å². The molecule has 0 N–H and O–H groups in total. The number of carbonyl (C=O) groups excluding carboxylic acids is 1. The summed E-state index contributed by atoms with van der Waals surface area (Å²) in [6, 6.07) is 11.7. The van der Waals surface area contributed by atoms with E-state index in [1.165, 1.54) is 5.56 Å². The van der Waals surface area contributed by atoms with E-state index < -0.39 is 0 Å². The third-order valence-corrected chi connectivity index (χ3v) is 5.22. The molecular formula is C21H25N3O3S. The summed E-state index contributed by atoms with van der Waals surface area (Å²) in [5.41, 5.74) is 1.30. The van der Waals surface area contributed by atoms with E-state index in [1.807, 2.05) is 48.7 Å². The molecule has 7 heteroatoms. The number of benzene rings is 1. The van der Waals surface area contributed by atoms with Gasteiger partial charge in [-0.1, -0.05) is 44.1 Å². The molecule has 3 rings (SSSR count). The van der Waals surface area contributed by atoms with E-state index in [1.54, 1.807) is 16.2 Å². The molecule has 2 aromatic heterocycles. The van der Waals surface area contributed by atoms with Gasteiger partial charge in [-0.05, 0) is 41.5 Å². The molecule has 1 amide bonds. The van der Waals surface area contributed by atoms with Crippen molar-refractivity contribution >= 4 is 17.2 Å². The zero-order chi connectivity index (χ0) is 20.1. The number of aromatic nitrogens is 2. The van der Waals surface area contributed by atoms with Crippen molar-refractivity contribution < 1.29 is 14.1 Å². The maximum absolute atomic E-state index is 12.5. The first-order valence-corrected chi connectivity index (χ1v) is 10.1. The summed E-state index contributed by atoms with van der Waals surface area (Å²) in [7, 11) is 0. The summed E-state index contributed by atoms with van der Waals surface area (Å²) >= 11 is 1.54. The Kier molecular flexibility index (Phi) is 6.14. The van der Waals surface area contributed by atoms with Crippen molar-refractivity contribution in [1.82, 2.24) is 15.0 Å². The van der Waals surface area contributed by atoms with Crippen LogP contribution in [0.3, 0.4) is 0 Å². The highest BCUT2D eigenvalue weighted by Gasteiger charge is 2.18. The first-order chi connectivity index (χ1) is 13.4. The van der Waals surface area contributed by atoms with Crippen LogP contribution in [-0.2, 0) is 16.8 Å². The minimum Gasteiger partial charge on any atom is -0.484 e. The fourth-order valence-corrected chi connectivity index (χ4v) is 3.30. The molecule has 148 valence electrons. The van der Waals surface area contributed by atoms with Crippen LogP contribution in [0.1, 0.15) is 39.1 Å². The van der Waals surface area contributed by atoms with Crippen molar-refractivity contribution in [2.24, 2.45) is 0 Å². The standard InChI is InChI=1S/C21H25N3O3S/c1-5-24(13-18-22-20(23-27-18)17-7-6-12-28-17)19(25)14-26-16-10-8-15(9-11-16)21(2,3)4/h6-12H,5,13-14H2,1-4H3. The Morgan fingerprint density at radius 3 is 2.57 bits per heavy atom. The van der Waals surface area contributed by atoms with Crippen molar-refractivity contribution in [3.8, 4) is 16.5 Å². The van der Waals surface area contributed by atoms with Gasteiger partial charge in [0.2, 0.25) is 11.7 Å². The van der Waals surface area contributed by atoms with E-state index >= 15 is 0 Å². The van der Waals surface area contributed by atoms with Crippen LogP contribution in [0.15, 0.2) is 46.3 Å². The Balaban J connectivity index is 1.56. The van der Waals surface area contributed by atoms with Gasteiger partial charge in [0.15, 0.2) is 6.61 Å². The zero-order valence-corrected chi connectivity index (χ0v) is 17.5. The van der Waals surface area contributed by atoms with Gasteiger partial charge in [0.1, 0.15) is 12.3 Å². The Morgan fingerprint density at radius 2 is 1.96 bits per heavy atom. The summed E-state index contributed by atoms with van der Waals surface area (Å²) in [6.07, 6.45) is 0. The average molecular weight is 400 g/mol. The number of amides is 1. The number of carbonyl (C=O) groups is 1. The SMILES string of the molecule is CCN(Cc1nc(-c2cccs2)no1)C(=O)COc1ccc(C(C)(C)C)cc1. The van der Waals surface area contributed by atoms with Crippen LogP contribution in [0.25, 0.3) is 10.7 Å². The summed E-state index contributed by atoms with van der Waals surface area (Å²) in [5.74, 6) is 1.50. The molecule has 0 saturated heterocycles. The van der Waals surface area contributed by atoms with Crippen molar-refractivity contribution in [2.45, 2.75) is 39.7 Å². The van der Waals surface area contributed by atoms with Gasteiger partial charge in [-0.15, -0.1) is 11.3 Å². The largest absolute Gasteiger partial charge is 0.484 e. The van der Waals surface area contributed by atoms with Gasteiger partial charge < -0.3 is 14.2 Å². The molecule has 6 nitrogen and oxygen atoms in total. The van der Waals surface area contributed by atoms with Gasteiger partial charge in [-0.2, -0.15) is 4.98 Å². The summed E-state index contributed by atoms with van der Waals surface area (Å²) in [6.45, 7) is 9.15. The first kappa shape index (κ1) is 20.1. The average Bonchev–Trinajstić information content (AvgIpc) is 3.35. The van der Waals surface area contributed by atoms with Crippen molar-refractivity contribution in [2.75, 3.05) is 13.2 Å². The molecule has 0 spiro atoms. The molecule has 3 aromatic rings. The fourth-order valence-electron chi connectivity index (χ4n) is 2.65. The number of nitrogens with zero attached hydrogens (tertiary/aromatic N) is 3. The second-order valence-corrected chi connectivity index (χ2v) is 8.41. The number of thiophene rings is 1. The van der Waals surface area contributed by atoms with E-state index in [2.05, 4.69) is 30.9 Å². The molecule has 2 heterocycles. The van der Waals surface area contributed by atoms with Gasteiger partial charge in [0.25, 0.3) is 5.91 Å². The Labute approximate surface area is 169 Å². The van der Waals surface area contributed by atoms with Crippen LogP contribution in [-0.4, -0.2) is 34.1 Å². The third-order valence-electron chi connectivity index (χ3n) is 4.35. The van der Waals surface area contributed by atoms with Gasteiger partial charge >= 0.3 is 0 Å². The second kappa shape index (κ2) is 8.56. The van der Waals surface area contributed by atoms with Gasteiger partial charge in [0, 0.05) is 6.54 Å². The van der Waals surface area contributed by atoms with Crippen LogP contribution < -0.4 is 4.74 Å². The maximum atomic E-state index is 12.5. The second-order valence-electron chi connectivity index (χ2n) is 7.46. The highest BCUT2D eigenvalue weighted by atomic mass is 32.1. The number of rotatable bonds is 7. The third kappa shape index (κ3) is 4.98. The minimum atomic E-state index is -0.127. The first-order valence-electron chi connectivity index (χ1n) is 9.24. The van der Waals surface area contributed by atoms with Crippen molar-refractivity contribution in [3.05, 3.63) is 53.2 Å². The minimum absolute atomic E-state index is 0.0331. The van der Waals surface area contributed by atoms with E-state index in [0.717, 1.165) is 4.88 Å². The lowest BCUT2D eigenvalue weighted by Gasteiger charge is -2.20. The molecule has 0 saturated carbocycles. The lowest BCUT2D eigenvalue weighted by atomic mass is 9.87. The molecule has 0 radical (unpaired) electrons. The van der Waals surface area contributed by atoms with Crippen LogP contribution in [0.5, 0.6) is 5.75 Å². The van der Waals surface area contributed by atoms with E-state index in [4.69, 9.17) is 9.26 Å². The summed E-state index contributed by atoms with van der Waals surface area (Å²) in [5, 5.41) is 5.94. The molecule has 0 aliphatic heterocycles. The van der Waals surface area contributed by atoms with Crippen LogP contribution in [0.2, 0.25) is 0 Å². The van der Waals surface area contributed by atoms with Gasteiger partial charge in [-0.3, -0.25) is 4.79 Å². The van der Waals surface area contributed by atoms with Gasteiger partial charge in [-0.25, -0.2) is 0 Å². The predicted molar refractivity (Wildman–Crippen MR) is 109 cm³/mol. The number of hydrogen-bond donors (Lipinski definition) is 0. The number of likely N-dealkylation sites (N-methyl/N-ethyl adjacent to an activating group) is 1. The van der Waals surface area contributed by atoms with Crippen LogP contribution >= 0.6 is 11.3 Å². The highest BCUT2D eigenvalue weighted by Crippen LogP contribution is 2.24. The molecule has 0 aliphatic carbocycles. The Hall–Kier alpha value is -2.67. The van der Waals surface area contributed by atoms with E-state index in [0.29, 0.717) is 24.0 Å². The fraction of sp³-hybridized carbons (Fsp3) is 0.381. The quantitative estimate of drug-likeness (QED) is 0.584. The predicted octanol–water partition coefficient (Wildman–Crippen LogP) is 4.52. The van der Waals surface area contributed by atoms with Crippen molar-refractivity contribution in [3.63, 3.8) is 0 Å². The van der Waals surface area contributed by atoms with Gasteiger partial charge in [0.05, 0.1) is 4.88 Å². The zero-order valence-electron chi connectivity index (χ0n) is 16.6. The highest BCUT2D eigenvalue weighted by molar-refractivity contribution is 7.13. The molecule has 1 aromatic carbocycles. The molecule has 0 unspecified atom stereocenters. The topological polar surface area (TPSA) is 68.5 Å². The van der Waals surface area contributed by atoms with E-state index in [9.17, 15) is 4.79 Å². The number of ether oxygens (including phenoxy) is 1.